The molecule has 0 spiro atoms. The van der Waals surface area contributed by atoms with E-state index >= 15 is 0 Å². The average molecular weight is 294 g/mol. The van der Waals surface area contributed by atoms with E-state index in [-0.39, 0.29) is 17.9 Å². The first-order valence-electron chi connectivity index (χ1n) is 8.41. The lowest BCUT2D eigenvalue weighted by Crippen LogP contribution is -2.47. The molecule has 1 N–H and O–H groups in total. The minimum atomic E-state index is -0.148. The smallest absolute Gasteiger partial charge is 0.222 e. The third-order valence-corrected chi connectivity index (χ3v) is 4.99. The highest BCUT2D eigenvalue weighted by Gasteiger charge is 2.35. The Morgan fingerprint density at radius 2 is 2.00 bits per heavy atom. The van der Waals surface area contributed by atoms with E-state index in [2.05, 4.69) is 11.5 Å². The molecule has 0 bridgehead atoms. The van der Waals surface area contributed by atoms with Gasteiger partial charge in [-0.1, -0.05) is 6.08 Å². The first kappa shape index (κ1) is 16.5. The molecule has 2 fully saturated rings. The van der Waals surface area contributed by atoms with Gasteiger partial charge in [0.15, 0.2) is 0 Å². The van der Waals surface area contributed by atoms with Gasteiger partial charge in [-0.2, -0.15) is 0 Å². The molecule has 0 aliphatic carbocycles. The van der Waals surface area contributed by atoms with Crippen LogP contribution in [0.15, 0.2) is 12.7 Å². The number of carbonyl (C=O) groups is 1. The highest BCUT2D eigenvalue weighted by Crippen LogP contribution is 2.33. The average Bonchev–Trinajstić information content (AvgIpc) is 3.01. The van der Waals surface area contributed by atoms with Gasteiger partial charge in [-0.05, 0) is 58.2 Å². The molecule has 1 amide bonds. The summed E-state index contributed by atoms with van der Waals surface area (Å²) in [5.74, 6) is 0.260. The minimum Gasteiger partial charge on any atom is -0.396 e. The SMILES string of the molecule is C=CC[C@@]1(CO)CCCN(C(=O)CCCN2CCCC2)C1. The molecule has 2 heterocycles. The monoisotopic (exact) mass is 294 g/mol. The fourth-order valence-electron chi connectivity index (χ4n) is 3.71. The van der Waals surface area contributed by atoms with Gasteiger partial charge >= 0.3 is 0 Å². The molecule has 1 atom stereocenters. The maximum atomic E-state index is 12.4. The predicted octanol–water partition coefficient (Wildman–Crippen LogP) is 2.04. The number of likely N-dealkylation sites (tertiary alicyclic amines) is 2. The lowest BCUT2D eigenvalue weighted by Gasteiger charge is -2.41. The van der Waals surface area contributed by atoms with Gasteiger partial charge < -0.3 is 14.9 Å². The summed E-state index contributed by atoms with van der Waals surface area (Å²) < 4.78 is 0. The van der Waals surface area contributed by atoms with Crippen LogP contribution in [0.2, 0.25) is 0 Å². The molecule has 2 rings (SSSR count). The number of aliphatic hydroxyl groups is 1. The van der Waals surface area contributed by atoms with E-state index in [0.717, 1.165) is 38.8 Å². The fraction of sp³-hybridized carbons (Fsp3) is 0.824. The first-order valence-corrected chi connectivity index (χ1v) is 8.41. The normalized spacial score (nSPS) is 27.0. The van der Waals surface area contributed by atoms with Crippen LogP contribution in [-0.2, 0) is 4.79 Å². The van der Waals surface area contributed by atoms with Gasteiger partial charge in [-0.3, -0.25) is 4.79 Å². The topological polar surface area (TPSA) is 43.8 Å². The second-order valence-electron chi connectivity index (χ2n) is 6.72. The lowest BCUT2D eigenvalue weighted by molar-refractivity contribution is -0.135. The molecule has 4 nitrogen and oxygen atoms in total. The molecule has 120 valence electrons. The Labute approximate surface area is 128 Å². The summed E-state index contributed by atoms with van der Waals surface area (Å²) in [5.41, 5.74) is -0.148. The number of piperidine rings is 1. The number of nitrogens with zero attached hydrogens (tertiary/aromatic N) is 2. The molecule has 0 aromatic rings. The van der Waals surface area contributed by atoms with E-state index < -0.39 is 0 Å². The van der Waals surface area contributed by atoms with Crippen LogP contribution in [0.25, 0.3) is 0 Å². The largest absolute Gasteiger partial charge is 0.396 e. The van der Waals surface area contributed by atoms with Crippen LogP contribution in [-0.4, -0.2) is 60.1 Å². The third-order valence-electron chi connectivity index (χ3n) is 4.99. The molecule has 0 aromatic heterocycles. The highest BCUT2D eigenvalue weighted by atomic mass is 16.3. The van der Waals surface area contributed by atoms with Gasteiger partial charge in [0.1, 0.15) is 0 Å². The van der Waals surface area contributed by atoms with Gasteiger partial charge in [0.25, 0.3) is 0 Å². The Bertz CT molecular complexity index is 353. The number of allylic oxidation sites excluding steroid dienone is 1. The van der Waals surface area contributed by atoms with Crippen molar-refractivity contribution in [2.75, 3.05) is 39.3 Å². The van der Waals surface area contributed by atoms with E-state index in [4.69, 9.17) is 0 Å². The third kappa shape index (κ3) is 4.55. The van der Waals surface area contributed by atoms with E-state index in [1.165, 1.54) is 25.9 Å². The Balaban J connectivity index is 1.76. The molecule has 0 saturated carbocycles. The van der Waals surface area contributed by atoms with Gasteiger partial charge in [0.2, 0.25) is 5.91 Å². The van der Waals surface area contributed by atoms with Crippen molar-refractivity contribution in [3.05, 3.63) is 12.7 Å². The van der Waals surface area contributed by atoms with E-state index in [1.54, 1.807) is 0 Å². The van der Waals surface area contributed by atoms with Gasteiger partial charge in [-0.25, -0.2) is 0 Å². The fourth-order valence-corrected chi connectivity index (χ4v) is 3.71. The number of amides is 1. The Hall–Kier alpha value is -0.870. The maximum absolute atomic E-state index is 12.4. The van der Waals surface area contributed by atoms with Crippen LogP contribution in [0.5, 0.6) is 0 Å². The number of aliphatic hydroxyl groups excluding tert-OH is 1. The molecule has 2 saturated heterocycles. The van der Waals surface area contributed by atoms with Crippen LogP contribution >= 0.6 is 0 Å². The van der Waals surface area contributed by atoms with Crippen LogP contribution < -0.4 is 0 Å². The molecule has 0 aromatic carbocycles. The van der Waals surface area contributed by atoms with Crippen LogP contribution in [0.3, 0.4) is 0 Å². The summed E-state index contributed by atoms with van der Waals surface area (Å²) in [6.45, 7) is 8.93. The molecular weight excluding hydrogens is 264 g/mol. The standard InChI is InChI=1S/C17H30N2O2/c1-2-8-17(15-20)9-6-13-19(14-17)16(21)7-5-12-18-10-3-4-11-18/h2,20H,1,3-15H2/t17-/m1/s1. The van der Waals surface area contributed by atoms with Crippen molar-refractivity contribution in [2.24, 2.45) is 5.41 Å². The summed E-state index contributed by atoms with van der Waals surface area (Å²) in [6, 6.07) is 0. The summed E-state index contributed by atoms with van der Waals surface area (Å²) in [5, 5.41) is 9.70. The number of carbonyl (C=O) groups excluding carboxylic acids is 1. The zero-order valence-corrected chi connectivity index (χ0v) is 13.2. The van der Waals surface area contributed by atoms with E-state index in [0.29, 0.717) is 13.0 Å². The van der Waals surface area contributed by atoms with Gasteiger partial charge in [0.05, 0.1) is 6.61 Å². The highest BCUT2D eigenvalue weighted by molar-refractivity contribution is 5.76. The van der Waals surface area contributed by atoms with Gasteiger partial charge in [0, 0.05) is 24.9 Å². The van der Waals surface area contributed by atoms with Crippen molar-refractivity contribution < 1.29 is 9.90 Å². The zero-order chi connectivity index (χ0) is 15.1. The Kier molecular flexibility index (Phi) is 6.24. The summed E-state index contributed by atoms with van der Waals surface area (Å²) in [7, 11) is 0. The summed E-state index contributed by atoms with van der Waals surface area (Å²) >= 11 is 0. The summed E-state index contributed by atoms with van der Waals surface area (Å²) in [6.07, 6.45) is 8.87. The molecular formula is C17H30N2O2. The zero-order valence-electron chi connectivity index (χ0n) is 13.2. The molecule has 4 heteroatoms. The molecule has 21 heavy (non-hydrogen) atoms. The van der Waals surface area contributed by atoms with Crippen molar-refractivity contribution in [3.63, 3.8) is 0 Å². The van der Waals surface area contributed by atoms with E-state index in [9.17, 15) is 9.90 Å². The van der Waals surface area contributed by atoms with Gasteiger partial charge in [-0.15, -0.1) is 6.58 Å². The van der Waals surface area contributed by atoms with Crippen molar-refractivity contribution in [1.82, 2.24) is 9.80 Å². The molecule has 0 radical (unpaired) electrons. The summed E-state index contributed by atoms with van der Waals surface area (Å²) in [4.78, 5) is 16.8. The van der Waals surface area contributed by atoms with E-state index in [1.807, 2.05) is 11.0 Å². The molecule has 2 aliphatic heterocycles. The quantitative estimate of drug-likeness (QED) is 0.731. The minimum absolute atomic E-state index is 0.148. The maximum Gasteiger partial charge on any atom is 0.222 e. The number of hydrogen-bond acceptors (Lipinski definition) is 3. The van der Waals surface area contributed by atoms with Crippen molar-refractivity contribution in [1.29, 1.82) is 0 Å². The van der Waals surface area contributed by atoms with Crippen molar-refractivity contribution >= 4 is 5.91 Å². The molecule has 0 unspecified atom stereocenters. The number of hydrogen-bond donors (Lipinski definition) is 1. The second-order valence-corrected chi connectivity index (χ2v) is 6.72. The van der Waals surface area contributed by atoms with Crippen LogP contribution in [0, 0.1) is 5.41 Å². The first-order chi connectivity index (χ1) is 10.2. The van der Waals surface area contributed by atoms with Crippen molar-refractivity contribution in [3.8, 4) is 0 Å². The Morgan fingerprint density at radius 3 is 2.67 bits per heavy atom. The number of rotatable bonds is 7. The molecule has 2 aliphatic rings. The predicted molar refractivity (Wildman–Crippen MR) is 85.1 cm³/mol. The lowest BCUT2D eigenvalue weighted by atomic mass is 9.77. The van der Waals surface area contributed by atoms with Crippen molar-refractivity contribution in [2.45, 2.75) is 44.9 Å². The second kappa shape index (κ2) is 7.95. The van der Waals surface area contributed by atoms with Crippen LogP contribution in [0.4, 0.5) is 0 Å². The Morgan fingerprint density at radius 1 is 1.24 bits per heavy atom. The van der Waals surface area contributed by atoms with Crippen LogP contribution in [0.1, 0.15) is 44.9 Å².